The number of hydrogen-bond donors (Lipinski definition) is 1. The largest absolute Gasteiger partial charge is 0.497 e. The van der Waals surface area contributed by atoms with Gasteiger partial charge in [-0.3, -0.25) is 4.90 Å². The Balaban J connectivity index is 2.32. The monoisotopic (exact) mass is 292 g/mol. The Morgan fingerprint density at radius 1 is 1.43 bits per heavy atom. The van der Waals surface area contributed by atoms with Crippen LogP contribution in [0.15, 0.2) is 24.3 Å². The molecular weight excluding hydrogens is 264 g/mol. The number of hydrogen-bond acceptors (Lipinski definition) is 4. The normalized spacial score (nSPS) is 22.8. The second-order valence-corrected chi connectivity index (χ2v) is 5.67. The molecule has 3 atom stereocenters. The molecule has 0 bridgehead atoms. The number of morpholine rings is 1. The van der Waals surface area contributed by atoms with Crippen molar-refractivity contribution in [2.45, 2.75) is 44.8 Å². The molecule has 1 aromatic rings. The average Bonchev–Trinajstić information content (AvgIpc) is 2.55. The first-order valence-corrected chi connectivity index (χ1v) is 7.94. The maximum Gasteiger partial charge on any atom is 0.119 e. The van der Waals surface area contributed by atoms with Crippen LogP contribution in [0.5, 0.6) is 5.75 Å². The van der Waals surface area contributed by atoms with Gasteiger partial charge in [-0.05, 0) is 30.5 Å². The van der Waals surface area contributed by atoms with Crippen molar-refractivity contribution in [3.8, 4) is 5.75 Å². The van der Waals surface area contributed by atoms with Crippen LogP contribution >= 0.6 is 0 Å². The zero-order valence-electron chi connectivity index (χ0n) is 13.4. The zero-order chi connectivity index (χ0) is 15.2. The SMILES string of the molecule is CCC(N)C(c1cccc(OC)c1)N1CCOCC1CC. The summed E-state index contributed by atoms with van der Waals surface area (Å²) in [6.45, 7) is 6.89. The number of nitrogens with zero attached hydrogens (tertiary/aromatic N) is 1. The van der Waals surface area contributed by atoms with Crippen molar-refractivity contribution < 1.29 is 9.47 Å². The van der Waals surface area contributed by atoms with E-state index in [4.69, 9.17) is 15.2 Å². The van der Waals surface area contributed by atoms with Gasteiger partial charge in [-0.25, -0.2) is 0 Å². The summed E-state index contributed by atoms with van der Waals surface area (Å²) in [6.07, 6.45) is 2.03. The quantitative estimate of drug-likeness (QED) is 0.875. The molecule has 1 aromatic carbocycles. The van der Waals surface area contributed by atoms with Crippen LogP contribution in [0.2, 0.25) is 0 Å². The summed E-state index contributed by atoms with van der Waals surface area (Å²) in [5, 5.41) is 0. The summed E-state index contributed by atoms with van der Waals surface area (Å²) in [5.41, 5.74) is 7.71. The Bertz CT molecular complexity index is 439. The van der Waals surface area contributed by atoms with Gasteiger partial charge in [0.1, 0.15) is 5.75 Å². The van der Waals surface area contributed by atoms with E-state index in [0.717, 1.165) is 38.3 Å². The summed E-state index contributed by atoms with van der Waals surface area (Å²) in [4.78, 5) is 2.52. The van der Waals surface area contributed by atoms with Crippen LogP contribution in [0.4, 0.5) is 0 Å². The molecular formula is C17H28N2O2. The van der Waals surface area contributed by atoms with E-state index in [9.17, 15) is 0 Å². The predicted octanol–water partition coefficient (Wildman–Crippen LogP) is 2.58. The standard InChI is InChI=1S/C17H28N2O2/c1-4-14-12-21-10-9-19(14)17(16(18)5-2)13-7-6-8-15(11-13)20-3/h6-8,11,14,16-17H,4-5,9-10,12,18H2,1-3H3. The lowest BCUT2D eigenvalue weighted by Crippen LogP contribution is -2.51. The fourth-order valence-corrected chi connectivity index (χ4v) is 3.12. The molecule has 1 aliphatic heterocycles. The third-order valence-electron chi connectivity index (χ3n) is 4.41. The van der Waals surface area contributed by atoms with Gasteiger partial charge in [-0.15, -0.1) is 0 Å². The fraction of sp³-hybridized carbons (Fsp3) is 0.647. The van der Waals surface area contributed by atoms with Crippen LogP contribution in [-0.2, 0) is 4.74 Å². The van der Waals surface area contributed by atoms with Gasteiger partial charge >= 0.3 is 0 Å². The van der Waals surface area contributed by atoms with Gasteiger partial charge in [0.05, 0.1) is 26.4 Å². The molecule has 0 radical (unpaired) electrons. The molecule has 1 saturated heterocycles. The Kier molecular flexibility index (Phi) is 6.03. The van der Waals surface area contributed by atoms with Gasteiger partial charge in [0.25, 0.3) is 0 Å². The molecule has 4 nitrogen and oxygen atoms in total. The minimum absolute atomic E-state index is 0.115. The van der Waals surface area contributed by atoms with Gasteiger partial charge in [-0.2, -0.15) is 0 Å². The van der Waals surface area contributed by atoms with Crippen LogP contribution in [0, 0.1) is 0 Å². The lowest BCUT2D eigenvalue weighted by atomic mass is 9.93. The molecule has 2 N–H and O–H groups in total. The first-order chi connectivity index (χ1) is 10.2. The van der Waals surface area contributed by atoms with Crippen LogP contribution < -0.4 is 10.5 Å². The van der Waals surface area contributed by atoms with E-state index in [0.29, 0.717) is 6.04 Å². The van der Waals surface area contributed by atoms with Crippen LogP contribution in [0.25, 0.3) is 0 Å². The van der Waals surface area contributed by atoms with E-state index >= 15 is 0 Å². The maximum atomic E-state index is 6.47. The van der Waals surface area contributed by atoms with E-state index < -0.39 is 0 Å². The predicted molar refractivity (Wildman–Crippen MR) is 85.6 cm³/mol. The highest BCUT2D eigenvalue weighted by Gasteiger charge is 2.32. The molecule has 118 valence electrons. The Labute approximate surface area is 128 Å². The second-order valence-electron chi connectivity index (χ2n) is 5.67. The molecule has 0 aromatic heterocycles. The topological polar surface area (TPSA) is 47.7 Å². The van der Waals surface area contributed by atoms with Crippen molar-refractivity contribution in [3.05, 3.63) is 29.8 Å². The minimum Gasteiger partial charge on any atom is -0.497 e. The average molecular weight is 292 g/mol. The van der Waals surface area contributed by atoms with Gasteiger partial charge in [0.2, 0.25) is 0 Å². The number of nitrogens with two attached hydrogens (primary N) is 1. The highest BCUT2D eigenvalue weighted by atomic mass is 16.5. The number of rotatable bonds is 6. The lowest BCUT2D eigenvalue weighted by molar-refractivity contribution is -0.0362. The fourth-order valence-electron chi connectivity index (χ4n) is 3.12. The van der Waals surface area contributed by atoms with Crippen LogP contribution in [-0.4, -0.2) is 43.9 Å². The number of benzene rings is 1. The molecule has 1 heterocycles. The number of ether oxygens (including phenoxy) is 2. The molecule has 4 heteroatoms. The Morgan fingerprint density at radius 2 is 2.24 bits per heavy atom. The summed E-state index contributed by atoms with van der Waals surface area (Å²) >= 11 is 0. The minimum atomic E-state index is 0.115. The summed E-state index contributed by atoms with van der Waals surface area (Å²) in [6, 6.07) is 9.07. The number of methoxy groups -OCH3 is 1. The Hall–Kier alpha value is -1.10. The first kappa shape index (κ1) is 16.3. The zero-order valence-corrected chi connectivity index (χ0v) is 13.4. The van der Waals surface area contributed by atoms with Gasteiger partial charge < -0.3 is 15.2 Å². The second kappa shape index (κ2) is 7.78. The van der Waals surface area contributed by atoms with Crippen LogP contribution in [0.3, 0.4) is 0 Å². The first-order valence-electron chi connectivity index (χ1n) is 7.94. The smallest absolute Gasteiger partial charge is 0.119 e. The van der Waals surface area contributed by atoms with Crippen molar-refractivity contribution in [2.24, 2.45) is 5.73 Å². The highest BCUT2D eigenvalue weighted by Crippen LogP contribution is 2.31. The molecule has 0 amide bonds. The van der Waals surface area contributed by atoms with E-state index in [1.165, 1.54) is 5.56 Å². The molecule has 0 spiro atoms. The summed E-state index contributed by atoms with van der Waals surface area (Å²) in [5.74, 6) is 0.891. The van der Waals surface area contributed by atoms with Crippen molar-refractivity contribution in [1.29, 1.82) is 0 Å². The third kappa shape index (κ3) is 3.76. The van der Waals surface area contributed by atoms with Crippen LogP contribution in [0.1, 0.15) is 38.3 Å². The molecule has 1 aliphatic rings. The highest BCUT2D eigenvalue weighted by molar-refractivity contribution is 5.31. The van der Waals surface area contributed by atoms with E-state index in [-0.39, 0.29) is 12.1 Å². The molecule has 21 heavy (non-hydrogen) atoms. The van der Waals surface area contributed by atoms with Gasteiger partial charge in [-0.1, -0.05) is 26.0 Å². The lowest BCUT2D eigenvalue weighted by Gasteiger charge is -2.43. The maximum absolute atomic E-state index is 6.47. The summed E-state index contributed by atoms with van der Waals surface area (Å²) < 4.78 is 11.0. The van der Waals surface area contributed by atoms with Gasteiger partial charge in [0.15, 0.2) is 0 Å². The summed E-state index contributed by atoms with van der Waals surface area (Å²) in [7, 11) is 1.71. The van der Waals surface area contributed by atoms with Gasteiger partial charge in [0, 0.05) is 18.6 Å². The van der Waals surface area contributed by atoms with Crippen molar-refractivity contribution in [1.82, 2.24) is 4.90 Å². The van der Waals surface area contributed by atoms with E-state index in [2.05, 4.69) is 30.9 Å². The third-order valence-corrected chi connectivity index (χ3v) is 4.41. The molecule has 0 aliphatic carbocycles. The van der Waals surface area contributed by atoms with E-state index in [1.54, 1.807) is 7.11 Å². The molecule has 1 fully saturated rings. The molecule has 0 saturated carbocycles. The van der Waals surface area contributed by atoms with E-state index in [1.807, 2.05) is 12.1 Å². The Morgan fingerprint density at radius 3 is 2.90 bits per heavy atom. The molecule has 3 unspecified atom stereocenters. The van der Waals surface area contributed by atoms with Crippen molar-refractivity contribution in [3.63, 3.8) is 0 Å². The van der Waals surface area contributed by atoms with Crippen molar-refractivity contribution in [2.75, 3.05) is 26.9 Å². The molecule has 2 rings (SSSR count). The van der Waals surface area contributed by atoms with Crippen molar-refractivity contribution >= 4 is 0 Å².